The number of hydrogen-bond acceptors (Lipinski definition) is 7. The predicted molar refractivity (Wildman–Crippen MR) is 49.1 cm³/mol. The molecule has 0 amide bonds. The van der Waals surface area contributed by atoms with Crippen LogP contribution in [0.5, 0.6) is 0 Å². The first-order chi connectivity index (χ1) is 7.13. The molecule has 0 radical (unpaired) electrons. The summed E-state index contributed by atoms with van der Waals surface area (Å²) in [5.74, 6) is 0. The van der Waals surface area contributed by atoms with Gasteiger partial charge in [0, 0.05) is 0 Å². The zero-order chi connectivity index (χ0) is 11.0. The van der Waals surface area contributed by atoms with Crippen molar-refractivity contribution < 1.29 is 24.8 Å². The standard InChI is InChI=1S/C8H14N2O5/c9-8-10-3(2-14-8)7-6(13)5(12)4(1-11)15-7/h3-7,11-13H,1-2H2,(H2,9,10)/t3?,4-,5-,6+,7?/m0/s1. The van der Waals surface area contributed by atoms with Gasteiger partial charge in [-0.2, -0.15) is 0 Å². The highest BCUT2D eigenvalue weighted by Gasteiger charge is 2.47. The lowest BCUT2D eigenvalue weighted by Crippen LogP contribution is -2.38. The van der Waals surface area contributed by atoms with Gasteiger partial charge in [0.1, 0.15) is 37.1 Å². The minimum absolute atomic E-state index is 0.0535. The summed E-state index contributed by atoms with van der Waals surface area (Å²) in [6.07, 6.45) is -3.64. The van der Waals surface area contributed by atoms with Gasteiger partial charge in [-0.15, -0.1) is 0 Å². The van der Waals surface area contributed by atoms with Gasteiger partial charge in [0.05, 0.1) is 6.61 Å². The lowest BCUT2D eigenvalue weighted by atomic mass is 10.0. The summed E-state index contributed by atoms with van der Waals surface area (Å²) in [6, 6.07) is -0.371. The molecular formula is C8H14N2O5. The highest BCUT2D eigenvalue weighted by Crippen LogP contribution is 2.26. The first-order valence-electron chi connectivity index (χ1n) is 4.72. The van der Waals surface area contributed by atoms with Crippen molar-refractivity contribution in [3.05, 3.63) is 0 Å². The molecule has 0 aliphatic carbocycles. The molecule has 0 aromatic carbocycles. The number of amidine groups is 1. The molecule has 0 aromatic rings. The second-order valence-corrected chi connectivity index (χ2v) is 3.65. The molecule has 7 heteroatoms. The molecule has 86 valence electrons. The Kier molecular flexibility index (Phi) is 2.79. The van der Waals surface area contributed by atoms with Crippen LogP contribution in [0.1, 0.15) is 0 Å². The Bertz CT molecular complexity index is 272. The van der Waals surface area contributed by atoms with Gasteiger partial charge in [0.25, 0.3) is 6.02 Å². The van der Waals surface area contributed by atoms with Crippen molar-refractivity contribution in [3.8, 4) is 0 Å². The Balaban J connectivity index is 2.05. The lowest BCUT2D eigenvalue weighted by molar-refractivity contribution is -0.0312. The summed E-state index contributed by atoms with van der Waals surface area (Å²) >= 11 is 0. The monoisotopic (exact) mass is 218 g/mol. The van der Waals surface area contributed by atoms with Crippen LogP contribution in [-0.2, 0) is 9.47 Å². The van der Waals surface area contributed by atoms with Crippen LogP contribution in [-0.4, -0.2) is 65.0 Å². The number of aliphatic hydroxyl groups is 3. The van der Waals surface area contributed by atoms with Gasteiger partial charge in [0.15, 0.2) is 0 Å². The normalized spacial score (nSPS) is 45.3. The van der Waals surface area contributed by atoms with Crippen molar-refractivity contribution in [1.29, 1.82) is 0 Å². The van der Waals surface area contributed by atoms with Crippen LogP contribution in [0.2, 0.25) is 0 Å². The first kappa shape index (κ1) is 10.6. The van der Waals surface area contributed by atoms with Crippen LogP contribution >= 0.6 is 0 Å². The maximum Gasteiger partial charge on any atom is 0.282 e. The van der Waals surface area contributed by atoms with Crippen LogP contribution in [0.15, 0.2) is 4.99 Å². The second-order valence-electron chi connectivity index (χ2n) is 3.65. The van der Waals surface area contributed by atoms with E-state index in [1.807, 2.05) is 0 Å². The van der Waals surface area contributed by atoms with Crippen molar-refractivity contribution >= 4 is 6.02 Å². The average molecular weight is 218 g/mol. The Hall–Kier alpha value is -0.890. The highest BCUT2D eigenvalue weighted by atomic mass is 16.6. The Morgan fingerprint density at radius 3 is 2.60 bits per heavy atom. The third kappa shape index (κ3) is 1.78. The summed E-state index contributed by atoms with van der Waals surface area (Å²) in [5, 5.41) is 28.0. The van der Waals surface area contributed by atoms with Gasteiger partial charge in [-0.25, -0.2) is 4.99 Å². The van der Waals surface area contributed by atoms with E-state index in [2.05, 4.69) is 4.99 Å². The van der Waals surface area contributed by atoms with Crippen LogP contribution in [0.25, 0.3) is 0 Å². The first-order valence-corrected chi connectivity index (χ1v) is 4.72. The molecule has 1 saturated heterocycles. The van der Waals surface area contributed by atoms with Gasteiger partial charge < -0.3 is 30.5 Å². The molecule has 5 N–H and O–H groups in total. The van der Waals surface area contributed by atoms with Crippen molar-refractivity contribution in [2.75, 3.05) is 13.2 Å². The van der Waals surface area contributed by atoms with Crippen LogP contribution in [0, 0.1) is 0 Å². The van der Waals surface area contributed by atoms with E-state index in [-0.39, 0.29) is 19.2 Å². The van der Waals surface area contributed by atoms with Gasteiger partial charge in [0.2, 0.25) is 0 Å². The molecule has 0 spiro atoms. The number of nitrogens with two attached hydrogens (primary N) is 1. The van der Waals surface area contributed by atoms with Crippen molar-refractivity contribution in [2.24, 2.45) is 10.7 Å². The molecule has 2 unspecified atom stereocenters. The molecule has 2 rings (SSSR count). The van der Waals surface area contributed by atoms with Gasteiger partial charge in [-0.05, 0) is 0 Å². The molecule has 0 bridgehead atoms. The Morgan fingerprint density at radius 1 is 1.40 bits per heavy atom. The van der Waals surface area contributed by atoms with E-state index in [1.54, 1.807) is 0 Å². The summed E-state index contributed by atoms with van der Waals surface area (Å²) < 4.78 is 10.2. The van der Waals surface area contributed by atoms with E-state index >= 15 is 0 Å². The number of ether oxygens (including phenoxy) is 2. The van der Waals surface area contributed by atoms with E-state index < -0.39 is 30.5 Å². The number of rotatable bonds is 2. The number of aliphatic hydroxyl groups excluding tert-OH is 3. The average Bonchev–Trinajstić information content (AvgIpc) is 2.74. The third-order valence-electron chi connectivity index (χ3n) is 2.65. The lowest BCUT2D eigenvalue weighted by Gasteiger charge is -2.17. The summed E-state index contributed by atoms with van der Waals surface area (Å²) in [6.45, 7) is -0.125. The molecule has 5 atom stereocenters. The maximum atomic E-state index is 9.65. The largest absolute Gasteiger partial charge is 0.463 e. The zero-order valence-electron chi connectivity index (χ0n) is 7.98. The molecule has 2 aliphatic rings. The molecule has 15 heavy (non-hydrogen) atoms. The number of aliphatic imine (C=N–C) groups is 1. The molecule has 2 aliphatic heterocycles. The third-order valence-corrected chi connectivity index (χ3v) is 2.65. The molecular weight excluding hydrogens is 204 g/mol. The quantitative estimate of drug-likeness (QED) is 0.397. The fourth-order valence-corrected chi connectivity index (χ4v) is 1.82. The van der Waals surface area contributed by atoms with Crippen LogP contribution in [0.4, 0.5) is 0 Å². The fourth-order valence-electron chi connectivity index (χ4n) is 1.82. The minimum Gasteiger partial charge on any atom is -0.463 e. The Labute approximate surface area is 86.1 Å². The maximum absolute atomic E-state index is 9.65. The molecule has 2 heterocycles. The summed E-state index contributed by atoms with van der Waals surface area (Å²) in [5.41, 5.74) is 5.32. The number of hydrogen-bond donors (Lipinski definition) is 4. The van der Waals surface area contributed by atoms with Crippen LogP contribution in [0.3, 0.4) is 0 Å². The zero-order valence-corrected chi connectivity index (χ0v) is 7.98. The molecule has 1 fully saturated rings. The Morgan fingerprint density at radius 2 is 2.13 bits per heavy atom. The summed E-state index contributed by atoms with van der Waals surface area (Å²) in [7, 11) is 0. The van der Waals surface area contributed by atoms with Crippen molar-refractivity contribution in [2.45, 2.75) is 30.5 Å². The van der Waals surface area contributed by atoms with Gasteiger partial charge in [-0.3, -0.25) is 0 Å². The smallest absolute Gasteiger partial charge is 0.282 e. The van der Waals surface area contributed by atoms with Gasteiger partial charge in [-0.1, -0.05) is 0 Å². The van der Waals surface area contributed by atoms with E-state index in [4.69, 9.17) is 20.3 Å². The molecule has 0 saturated carbocycles. The molecule has 0 aromatic heterocycles. The van der Waals surface area contributed by atoms with E-state index in [1.165, 1.54) is 0 Å². The second kappa shape index (κ2) is 3.93. The minimum atomic E-state index is -1.10. The van der Waals surface area contributed by atoms with E-state index in [0.717, 1.165) is 0 Å². The highest BCUT2D eigenvalue weighted by molar-refractivity contribution is 5.73. The van der Waals surface area contributed by atoms with Crippen LogP contribution < -0.4 is 5.73 Å². The predicted octanol–water partition coefficient (Wildman–Crippen LogP) is -2.82. The van der Waals surface area contributed by atoms with Crippen molar-refractivity contribution in [1.82, 2.24) is 0 Å². The summed E-state index contributed by atoms with van der Waals surface area (Å²) in [4.78, 5) is 3.92. The topological polar surface area (TPSA) is 118 Å². The van der Waals surface area contributed by atoms with Gasteiger partial charge >= 0.3 is 0 Å². The molecule has 7 nitrogen and oxygen atoms in total. The fraction of sp³-hybridized carbons (Fsp3) is 0.875. The number of nitrogens with zero attached hydrogens (tertiary/aromatic N) is 1. The van der Waals surface area contributed by atoms with E-state index in [0.29, 0.717) is 0 Å². The van der Waals surface area contributed by atoms with Crippen molar-refractivity contribution in [3.63, 3.8) is 0 Å². The SMILES string of the molecule is NC1=NC(C2O[C@@H](CO)[C@H](O)[C@H]2O)CO1. The van der Waals surface area contributed by atoms with E-state index in [9.17, 15) is 10.2 Å².